The summed E-state index contributed by atoms with van der Waals surface area (Å²) in [7, 11) is 0. The molecule has 0 aliphatic rings. The minimum Gasteiger partial charge on any atom is -0.365 e. The van der Waals surface area contributed by atoms with Crippen molar-refractivity contribution in [3.8, 4) is 0 Å². The number of aromatic nitrogens is 3. The van der Waals surface area contributed by atoms with Crippen LogP contribution in [0.15, 0.2) is 47.6 Å². The first-order chi connectivity index (χ1) is 12.0. The van der Waals surface area contributed by atoms with Gasteiger partial charge in [0, 0.05) is 29.4 Å². The Bertz CT molecular complexity index is 927. The van der Waals surface area contributed by atoms with Gasteiger partial charge in [-0.3, -0.25) is 14.9 Å². The molecule has 0 aliphatic heterocycles. The number of H-pyrrole nitrogens is 1. The van der Waals surface area contributed by atoms with Gasteiger partial charge in [0.1, 0.15) is 11.4 Å². The molecule has 0 unspecified atom stereocenters. The number of aryl methyl sites for hydroxylation is 2. The fourth-order valence-corrected chi connectivity index (χ4v) is 2.31. The molecule has 2 aromatic heterocycles. The Morgan fingerprint density at radius 2 is 2.12 bits per heavy atom. The molecule has 7 heteroatoms. The van der Waals surface area contributed by atoms with Crippen molar-refractivity contribution in [1.29, 1.82) is 0 Å². The molecule has 0 radical (unpaired) electrons. The lowest BCUT2D eigenvalue weighted by molar-refractivity contribution is 0.100. The van der Waals surface area contributed by atoms with Gasteiger partial charge in [-0.25, -0.2) is 4.99 Å². The number of benzene rings is 1. The minimum atomic E-state index is -0.613. The zero-order valence-corrected chi connectivity index (χ0v) is 13.9. The molecule has 0 atom stereocenters. The van der Waals surface area contributed by atoms with Crippen molar-refractivity contribution in [2.75, 3.05) is 5.32 Å². The number of rotatable bonds is 5. The van der Waals surface area contributed by atoms with Crippen molar-refractivity contribution in [3.05, 3.63) is 65.0 Å². The number of aliphatic imine (C=N–C) groups is 1. The van der Waals surface area contributed by atoms with Crippen LogP contribution in [0.3, 0.4) is 0 Å². The number of nitrogens with two attached hydrogens (primary N) is 1. The summed E-state index contributed by atoms with van der Waals surface area (Å²) in [5.41, 5.74) is 9.35. The van der Waals surface area contributed by atoms with E-state index in [1.165, 1.54) is 0 Å². The van der Waals surface area contributed by atoms with Crippen LogP contribution in [0.2, 0.25) is 0 Å². The predicted molar refractivity (Wildman–Crippen MR) is 97.8 cm³/mol. The van der Waals surface area contributed by atoms with E-state index >= 15 is 0 Å². The smallest absolute Gasteiger partial charge is 0.256 e. The maximum atomic E-state index is 11.9. The highest BCUT2D eigenvalue weighted by Gasteiger charge is 2.18. The fraction of sp³-hybridized carbons (Fsp3) is 0.111. The molecular weight excluding hydrogens is 316 g/mol. The Morgan fingerprint density at radius 3 is 2.80 bits per heavy atom. The van der Waals surface area contributed by atoms with E-state index in [0.717, 1.165) is 22.5 Å². The van der Waals surface area contributed by atoms with Crippen molar-refractivity contribution >= 4 is 29.4 Å². The molecule has 4 N–H and O–H groups in total. The summed E-state index contributed by atoms with van der Waals surface area (Å²) < 4.78 is 0. The Balaban J connectivity index is 1.89. The fourth-order valence-electron chi connectivity index (χ4n) is 2.31. The van der Waals surface area contributed by atoms with E-state index in [0.29, 0.717) is 5.82 Å². The highest BCUT2D eigenvalue weighted by molar-refractivity contribution is 6.03. The van der Waals surface area contributed by atoms with Gasteiger partial charge in [-0.15, -0.1) is 0 Å². The Hall–Kier alpha value is -3.48. The molecule has 0 bridgehead atoms. The minimum absolute atomic E-state index is 0.206. The number of carbonyl (C=O) groups is 1. The van der Waals surface area contributed by atoms with Crippen LogP contribution in [0.25, 0.3) is 0 Å². The summed E-state index contributed by atoms with van der Waals surface area (Å²) in [6, 6.07) is 11.5. The molecule has 2 heterocycles. The van der Waals surface area contributed by atoms with E-state index in [-0.39, 0.29) is 11.4 Å². The van der Waals surface area contributed by atoms with Crippen LogP contribution >= 0.6 is 0 Å². The number of nitrogens with one attached hydrogen (secondary N) is 2. The molecule has 0 saturated carbocycles. The summed E-state index contributed by atoms with van der Waals surface area (Å²) in [5, 5.41) is 9.98. The second-order valence-corrected chi connectivity index (χ2v) is 5.65. The summed E-state index contributed by atoms with van der Waals surface area (Å²) >= 11 is 0. The van der Waals surface area contributed by atoms with E-state index < -0.39 is 5.91 Å². The van der Waals surface area contributed by atoms with Crippen LogP contribution in [-0.4, -0.2) is 27.3 Å². The van der Waals surface area contributed by atoms with Crippen molar-refractivity contribution in [1.82, 2.24) is 15.2 Å². The number of primary amides is 1. The second-order valence-electron chi connectivity index (χ2n) is 5.65. The monoisotopic (exact) mass is 334 g/mol. The molecule has 7 nitrogen and oxygen atoms in total. The number of hydrogen-bond acceptors (Lipinski definition) is 5. The summed E-state index contributed by atoms with van der Waals surface area (Å²) in [6.07, 6.45) is 3.28. The molecule has 3 rings (SSSR count). The molecule has 0 spiro atoms. The van der Waals surface area contributed by atoms with Crippen molar-refractivity contribution < 1.29 is 4.79 Å². The van der Waals surface area contributed by atoms with Gasteiger partial charge in [0.2, 0.25) is 0 Å². The first kappa shape index (κ1) is 16.4. The summed E-state index contributed by atoms with van der Waals surface area (Å²) in [5.74, 6) is 0.0218. The third-order valence-corrected chi connectivity index (χ3v) is 3.55. The number of aromatic amines is 1. The predicted octanol–water partition coefficient (Wildman–Crippen LogP) is 3.01. The number of carbonyl (C=O) groups excluding carboxylic acids is 1. The Morgan fingerprint density at radius 1 is 1.28 bits per heavy atom. The van der Waals surface area contributed by atoms with E-state index in [2.05, 4.69) is 25.5 Å². The standard InChI is InChI=1S/C18H18N6O/c1-11-4-3-5-14(8-11)22-18-15(16(19)25)17(23-24-18)21-10-13-7-6-12(2)20-9-13/h3-10H,1-2H3,(H2,19,25)(H2,22,23,24). The van der Waals surface area contributed by atoms with Crippen molar-refractivity contribution in [2.45, 2.75) is 13.8 Å². The molecular formula is C18H18N6O. The number of nitrogens with zero attached hydrogens (tertiary/aromatic N) is 3. The van der Waals surface area contributed by atoms with Gasteiger partial charge in [0.15, 0.2) is 5.82 Å². The van der Waals surface area contributed by atoms with Gasteiger partial charge in [-0.1, -0.05) is 18.2 Å². The largest absolute Gasteiger partial charge is 0.365 e. The van der Waals surface area contributed by atoms with Crippen molar-refractivity contribution in [2.24, 2.45) is 10.7 Å². The van der Waals surface area contributed by atoms with Gasteiger partial charge < -0.3 is 11.1 Å². The SMILES string of the molecule is Cc1cccc(Nc2[nH]nc(N=Cc3ccc(C)nc3)c2C(N)=O)c1. The molecule has 126 valence electrons. The van der Waals surface area contributed by atoms with Crippen LogP contribution in [0, 0.1) is 13.8 Å². The zero-order valence-electron chi connectivity index (χ0n) is 13.9. The van der Waals surface area contributed by atoms with Gasteiger partial charge in [-0.05, 0) is 37.6 Å². The molecule has 0 fully saturated rings. The highest BCUT2D eigenvalue weighted by atomic mass is 16.1. The van der Waals surface area contributed by atoms with Gasteiger partial charge in [-0.2, -0.15) is 5.10 Å². The van der Waals surface area contributed by atoms with E-state index in [1.54, 1.807) is 12.4 Å². The van der Waals surface area contributed by atoms with E-state index in [4.69, 9.17) is 5.73 Å². The van der Waals surface area contributed by atoms with E-state index in [9.17, 15) is 4.79 Å². The maximum Gasteiger partial charge on any atom is 0.256 e. The first-order valence-electron chi connectivity index (χ1n) is 7.71. The topological polar surface area (TPSA) is 109 Å². The quantitative estimate of drug-likeness (QED) is 0.623. The number of pyridine rings is 1. The van der Waals surface area contributed by atoms with Crippen LogP contribution in [0.1, 0.15) is 27.2 Å². The summed E-state index contributed by atoms with van der Waals surface area (Å²) in [6.45, 7) is 3.89. The lowest BCUT2D eigenvalue weighted by Gasteiger charge is -2.06. The van der Waals surface area contributed by atoms with Crippen LogP contribution in [0.4, 0.5) is 17.3 Å². The molecule has 3 aromatic rings. The van der Waals surface area contributed by atoms with Gasteiger partial charge in [0.25, 0.3) is 5.91 Å². The summed E-state index contributed by atoms with van der Waals surface area (Å²) in [4.78, 5) is 20.3. The molecule has 0 aliphatic carbocycles. The third kappa shape index (κ3) is 3.89. The number of hydrogen-bond donors (Lipinski definition) is 3. The van der Waals surface area contributed by atoms with Crippen molar-refractivity contribution in [3.63, 3.8) is 0 Å². The second kappa shape index (κ2) is 6.96. The number of anilines is 2. The van der Waals surface area contributed by atoms with Gasteiger partial charge >= 0.3 is 0 Å². The lowest BCUT2D eigenvalue weighted by atomic mass is 10.2. The Labute approximate surface area is 145 Å². The van der Waals surface area contributed by atoms with Crippen LogP contribution < -0.4 is 11.1 Å². The maximum absolute atomic E-state index is 11.9. The average molecular weight is 334 g/mol. The van der Waals surface area contributed by atoms with Crippen LogP contribution in [-0.2, 0) is 0 Å². The molecule has 25 heavy (non-hydrogen) atoms. The third-order valence-electron chi connectivity index (χ3n) is 3.55. The normalized spacial score (nSPS) is 11.0. The molecule has 1 aromatic carbocycles. The zero-order chi connectivity index (χ0) is 17.8. The number of amides is 1. The molecule has 1 amide bonds. The first-order valence-corrected chi connectivity index (χ1v) is 7.71. The lowest BCUT2D eigenvalue weighted by Crippen LogP contribution is -2.12. The van der Waals surface area contributed by atoms with Gasteiger partial charge in [0.05, 0.1) is 0 Å². The van der Waals surface area contributed by atoms with Crippen LogP contribution in [0.5, 0.6) is 0 Å². The highest BCUT2D eigenvalue weighted by Crippen LogP contribution is 2.26. The van der Waals surface area contributed by atoms with E-state index in [1.807, 2.05) is 50.2 Å². The molecule has 0 saturated heterocycles. The Kier molecular flexibility index (Phi) is 4.56. The average Bonchev–Trinajstić information content (AvgIpc) is 2.97.